The molecule has 2 aliphatic rings. The molecular weight excluding hydrogens is 258 g/mol. The number of rotatable bonds is 3. The first-order chi connectivity index (χ1) is 9.34. The van der Waals surface area contributed by atoms with Gasteiger partial charge < -0.3 is 20.3 Å². The number of hydrogen-bond acceptors (Lipinski definition) is 4. The molecule has 6 nitrogen and oxygen atoms in total. The van der Waals surface area contributed by atoms with Gasteiger partial charge in [-0.1, -0.05) is 13.8 Å². The number of carbonyl (C=O) groups is 2. The molecule has 0 radical (unpaired) electrons. The summed E-state index contributed by atoms with van der Waals surface area (Å²) < 4.78 is 5.77. The zero-order valence-electron chi connectivity index (χ0n) is 12.7. The lowest BCUT2D eigenvalue weighted by molar-refractivity contribution is -0.141. The molecule has 2 N–H and O–H groups in total. The van der Waals surface area contributed by atoms with E-state index in [2.05, 4.69) is 24.5 Å². The van der Waals surface area contributed by atoms with Gasteiger partial charge in [0.15, 0.2) is 0 Å². The molecule has 2 aliphatic heterocycles. The third-order valence-corrected chi connectivity index (χ3v) is 4.11. The molecule has 20 heavy (non-hydrogen) atoms. The normalized spacial score (nSPS) is 30.6. The number of nitrogens with one attached hydrogen (secondary N) is 2. The highest BCUT2D eigenvalue weighted by atomic mass is 16.5. The van der Waals surface area contributed by atoms with Crippen molar-refractivity contribution in [2.75, 3.05) is 20.2 Å². The summed E-state index contributed by atoms with van der Waals surface area (Å²) in [5, 5.41) is 5.70. The Balaban J connectivity index is 2.05. The summed E-state index contributed by atoms with van der Waals surface area (Å²) >= 11 is 0. The maximum Gasteiger partial charge on any atom is 0.247 e. The number of carbonyl (C=O) groups excluding carboxylic acids is 2. The van der Waals surface area contributed by atoms with Gasteiger partial charge in [-0.15, -0.1) is 0 Å². The first-order valence-electron chi connectivity index (χ1n) is 7.24. The Kier molecular flexibility index (Phi) is 4.34. The van der Waals surface area contributed by atoms with E-state index in [1.54, 1.807) is 18.9 Å². The fraction of sp³-hybridized carbons (Fsp3) is 0.857. The minimum absolute atomic E-state index is 0.0188. The molecule has 2 rings (SSSR count). The van der Waals surface area contributed by atoms with Crippen LogP contribution < -0.4 is 10.6 Å². The Labute approximate surface area is 120 Å². The molecule has 0 bridgehead atoms. The minimum atomic E-state index is -0.475. The Morgan fingerprint density at radius 3 is 2.85 bits per heavy atom. The lowest BCUT2D eigenvalue weighted by atomic mass is 9.92. The van der Waals surface area contributed by atoms with Gasteiger partial charge >= 0.3 is 0 Å². The fourth-order valence-electron chi connectivity index (χ4n) is 2.79. The number of ether oxygens (including phenoxy) is 1. The molecule has 114 valence electrons. The maximum absolute atomic E-state index is 12.6. The third kappa shape index (κ3) is 3.12. The predicted octanol–water partition coefficient (Wildman–Crippen LogP) is 0.0840. The average Bonchev–Trinajstić information content (AvgIpc) is 2.63. The van der Waals surface area contributed by atoms with Crippen LogP contribution in [0.3, 0.4) is 0 Å². The molecule has 6 heteroatoms. The van der Waals surface area contributed by atoms with Crippen molar-refractivity contribution in [1.29, 1.82) is 0 Å². The Bertz CT molecular complexity index is 397. The summed E-state index contributed by atoms with van der Waals surface area (Å²) in [6.07, 6.45) is 1.25. The van der Waals surface area contributed by atoms with Crippen LogP contribution in [0.1, 0.15) is 33.6 Å². The lowest BCUT2D eigenvalue weighted by Gasteiger charge is -2.25. The van der Waals surface area contributed by atoms with E-state index in [-0.39, 0.29) is 29.5 Å². The molecule has 2 amide bonds. The number of likely N-dealkylation sites (N-methyl/N-ethyl adjacent to an activating group) is 1. The molecule has 2 saturated heterocycles. The largest absolute Gasteiger partial charge is 0.358 e. The van der Waals surface area contributed by atoms with Gasteiger partial charge in [-0.05, 0) is 25.8 Å². The van der Waals surface area contributed by atoms with Gasteiger partial charge in [0.05, 0.1) is 12.6 Å². The van der Waals surface area contributed by atoms with Gasteiger partial charge in [-0.3, -0.25) is 9.59 Å². The van der Waals surface area contributed by atoms with Crippen molar-refractivity contribution in [3.63, 3.8) is 0 Å². The smallest absolute Gasteiger partial charge is 0.247 e. The van der Waals surface area contributed by atoms with Crippen molar-refractivity contribution in [2.24, 2.45) is 5.41 Å². The summed E-state index contributed by atoms with van der Waals surface area (Å²) in [4.78, 5) is 26.3. The number of fused-ring (bicyclic) bond motifs is 1. The van der Waals surface area contributed by atoms with E-state index in [0.29, 0.717) is 19.6 Å². The molecule has 0 aromatic rings. The fourth-order valence-corrected chi connectivity index (χ4v) is 2.79. The van der Waals surface area contributed by atoms with E-state index in [1.165, 1.54) is 0 Å². The van der Waals surface area contributed by atoms with Gasteiger partial charge in [-0.2, -0.15) is 0 Å². The Morgan fingerprint density at radius 1 is 1.50 bits per heavy atom. The molecule has 0 aliphatic carbocycles. The Morgan fingerprint density at radius 2 is 2.20 bits per heavy atom. The van der Waals surface area contributed by atoms with Crippen molar-refractivity contribution in [3.05, 3.63) is 0 Å². The second-order valence-corrected chi connectivity index (χ2v) is 6.52. The van der Waals surface area contributed by atoms with Crippen molar-refractivity contribution >= 4 is 11.8 Å². The van der Waals surface area contributed by atoms with E-state index in [1.807, 2.05) is 0 Å². The van der Waals surface area contributed by atoms with Crippen LogP contribution in [-0.4, -0.2) is 55.2 Å². The van der Waals surface area contributed by atoms with Gasteiger partial charge in [0.2, 0.25) is 11.8 Å². The third-order valence-electron chi connectivity index (χ3n) is 4.11. The number of amides is 2. The molecule has 0 saturated carbocycles. The standard InChI is InChI=1S/C14H25N3O3/c1-9(15-4)12(18)16-10-5-6-20-11-7-14(2,3)8-17(11)13(10)19/h9-11,15H,5-8H2,1-4H3,(H,16,18)/t9-,10-,11-/m0/s1. The molecule has 3 atom stereocenters. The zero-order chi connectivity index (χ0) is 14.9. The predicted molar refractivity (Wildman–Crippen MR) is 74.9 cm³/mol. The zero-order valence-corrected chi connectivity index (χ0v) is 12.7. The molecule has 0 spiro atoms. The highest BCUT2D eigenvalue weighted by molar-refractivity contribution is 5.90. The van der Waals surface area contributed by atoms with Crippen molar-refractivity contribution in [1.82, 2.24) is 15.5 Å². The molecule has 2 fully saturated rings. The van der Waals surface area contributed by atoms with Crippen molar-refractivity contribution in [3.8, 4) is 0 Å². The van der Waals surface area contributed by atoms with Gasteiger partial charge in [0.1, 0.15) is 12.3 Å². The second-order valence-electron chi connectivity index (χ2n) is 6.52. The molecule has 0 aromatic carbocycles. The summed E-state index contributed by atoms with van der Waals surface area (Å²) in [6, 6.07) is -0.782. The molecule has 0 unspecified atom stereocenters. The monoisotopic (exact) mass is 283 g/mol. The molecule has 2 heterocycles. The summed E-state index contributed by atoms with van der Waals surface area (Å²) in [5.41, 5.74) is 0.0739. The van der Waals surface area contributed by atoms with Crippen LogP contribution in [0.4, 0.5) is 0 Å². The van der Waals surface area contributed by atoms with E-state index < -0.39 is 6.04 Å². The van der Waals surface area contributed by atoms with Gasteiger partial charge in [-0.25, -0.2) is 0 Å². The second kappa shape index (κ2) is 5.69. The van der Waals surface area contributed by atoms with Gasteiger partial charge in [0.25, 0.3) is 0 Å². The number of hydrogen-bond donors (Lipinski definition) is 2. The van der Waals surface area contributed by atoms with E-state index >= 15 is 0 Å². The first-order valence-corrected chi connectivity index (χ1v) is 7.24. The Hall–Kier alpha value is -1.14. The minimum Gasteiger partial charge on any atom is -0.358 e. The summed E-state index contributed by atoms with van der Waals surface area (Å²) in [5.74, 6) is -0.169. The van der Waals surface area contributed by atoms with Crippen LogP contribution in [0.25, 0.3) is 0 Å². The highest BCUT2D eigenvalue weighted by Crippen LogP contribution is 2.36. The molecule has 0 aromatic heterocycles. The maximum atomic E-state index is 12.6. The van der Waals surface area contributed by atoms with Crippen LogP contribution in [0.5, 0.6) is 0 Å². The van der Waals surface area contributed by atoms with Crippen LogP contribution >= 0.6 is 0 Å². The van der Waals surface area contributed by atoms with E-state index in [0.717, 1.165) is 6.42 Å². The molecular formula is C14H25N3O3. The summed E-state index contributed by atoms with van der Waals surface area (Å²) in [7, 11) is 1.72. The number of nitrogens with zero attached hydrogens (tertiary/aromatic N) is 1. The van der Waals surface area contributed by atoms with E-state index in [4.69, 9.17) is 4.74 Å². The lowest BCUT2D eigenvalue weighted by Crippen LogP contribution is -2.52. The SMILES string of the molecule is CN[C@@H](C)C(=O)N[C@H]1CCO[C@H]2CC(C)(C)CN2C1=O. The first kappa shape index (κ1) is 15.3. The van der Waals surface area contributed by atoms with Crippen LogP contribution in [0.15, 0.2) is 0 Å². The van der Waals surface area contributed by atoms with Crippen LogP contribution in [0, 0.1) is 5.41 Å². The van der Waals surface area contributed by atoms with Crippen molar-refractivity contribution in [2.45, 2.75) is 51.9 Å². The van der Waals surface area contributed by atoms with Crippen LogP contribution in [-0.2, 0) is 14.3 Å². The van der Waals surface area contributed by atoms with Crippen molar-refractivity contribution < 1.29 is 14.3 Å². The average molecular weight is 283 g/mol. The summed E-state index contributed by atoms with van der Waals surface area (Å²) in [6.45, 7) is 7.23. The van der Waals surface area contributed by atoms with Crippen LogP contribution in [0.2, 0.25) is 0 Å². The van der Waals surface area contributed by atoms with E-state index in [9.17, 15) is 9.59 Å². The quantitative estimate of drug-likeness (QED) is 0.770. The highest BCUT2D eigenvalue weighted by Gasteiger charge is 2.44. The van der Waals surface area contributed by atoms with Gasteiger partial charge in [0, 0.05) is 13.0 Å². The topological polar surface area (TPSA) is 70.7 Å².